The van der Waals surface area contributed by atoms with E-state index in [0.29, 0.717) is 0 Å². The number of phenolic OH excluding ortho intramolecular Hbond substituents is 1. The number of nitrogens with one attached hydrogen (secondary N) is 1. The summed E-state index contributed by atoms with van der Waals surface area (Å²) in [6.45, 7) is 1.48. The Labute approximate surface area is 209 Å². The van der Waals surface area contributed by atoms with Crippen molar-refractivity contribution in [2.24, 2.45) is 17.2 Å². The Hall–Kier alpha value is -4.00. The number of nitrogens with two attached hydrogens (primary N) is 3. The van der Waals surface area contributed by atoms with E-state index in [0.717, 1.165) is 11.1 Å². The van der Waals surface area contributed by atoms with E-state index in [9.17, 15) is 19.2 Å². The third-order valence-electron chi connectivity index (χ3n) is 4.41. The predicted molar refractivity (Wildman–Crippen MR) is 132 cm³/mol. The van der Waals surface area contributed by atoms with Gasteiger partial charge in [-0.05, 0) is 36.6 Å². The quantitative estimate of drug-likeness (QED) is 0.217. The number of ether oxygens (including phenoxy) is 1. The number of benzene rings is 2. The molecule has 0 unspecified atom stereocenters. The average Bonchev–Trinajstić information content (AvgIpc) is 2.85. The largest absolute Gasteiger partial charge is 0.508 e. The summed E-state index contributed by atoms with van der Waals surface area (Å²) in [7, 11) is 1.30. The molecule has 0 spiro atoms. The maximum absolute atomic E-state index is 11.3. The summed E-state index contributed by atoms with van der Waals surface area (Å²) in [5, 5.41) is 28.9. The van der Waals surface area contributed by atoms with Gasteiger partial charge in [0.2, 0.25) is 5.91 Å². The number of carboxylic acids is 2. The van der Waals surface area contributed by atoms with Crippen LogP contribution < -0.4 is 22.5 Å². The van der Waals surface area contributed by atoms with Crippen molar-refractivity contribution in [3.05, 3.63) is 65.7 Å². The highest BCUT2D eigenvalue weighted by atomic mass is 16.5. The summed E-state index contributed by atoms with van der Waals surface area (Å²) < 4.78 is 4.14. The number of carboxylic acid groups (broad SMARTS) is 2. The maximum Gasteiger partial charge on any atom is 0.326 e. The number of carbonyl (C=O) groups excluding carboxylic acids is 2. The van der Waals surface area contributed by atoms with Crippen molar-refractivity contribution in [3.8, 4) is 5.75 Å². The van der Waals surface area contributed by atoms with Crippen molar-refractivity contribution >= 4 is 23.8 Å². The van der Waals surface area contributed by atoms with Crippen LogP contribution >= 0.6 is 0 Å². The van der Waals surface area contributed by atoms with Gasteiger partial charge in [0, 0.05) is 6.42 Å². The number of esters is 1. The number of aromatic hydroxyl groups is 1. The highest BCUT2D eigenvalue weighted by Gasteiger charge is 2.21. The lowest BCUT2D eigenvalue weighted by molar-refractivity contribution is -0.142. The van der Waals surface area contributed by atoms with Gasteiger partial charge in [-0.25, -0.2) is 4.79 Å². The fourth-order valence-corrected chi connectivity index (χ4v) is 2.41. The molecule has 12 nitrogen and oxygen atoms in total. The van der Waals surface area contributed by atoms with Crippen molar-refractivity contribution in [1.29, 1.82) is 0 Å². The Morgan fingerprint density at radius 1 is 0.889 bits per heavy atom. The molecular formula is C24H34N4O8. The second-order valence-electron chi connectivity index (χ2n) is 7.47. The van der Waals surface area contributed by atoms with Crippen LogP contribution in [0.5, 0.6) is 5.75 Å². The number of carbonyl (C=O) groups is 4. The summed E-state index contributed by atoms with van der Waals surface area (Å²) in [4.78, 5) is 42.6. The monoisotopic (exact) mass is 506 g/mol. The van der Waals surface area contributed by atoms with Crippen LogP contribution in [0.15, 0.2) is 54.6 Å². The summed E-state index contributed by atoms with van der Waals surface area (Å²) in [5.41, 5.74) is 17.2. The smallest absolute Gasteiger partial charge is 0.326 e. The molecule has 0 fully saturated rings. The van der Waals surface area contributed by atoms with Crippen LogP contribution in [-0.4, -0.2) is 70.9 Å². The standard InChI is InChI=1S/C12H16N2O3.C9H11NO3.C3H7NO2/c1-8(13)11(15)14-10(12(16)17)7-9-5-3-2-4-6-9;10-8(9(12)13)5-6-1-3-7(11)4-2-6;1-6-3(5)2-4/h2-6,8,10H,7,13H2,1H3,(H,14,15)(H,16,17);1-4,8,11H,5,10H2,(H,12,13);2,4H2,1H3/t8-,10-;8-;/m00./s1. The molecule has 0 saturated carbocycles. The van der Waals surface area contributed by atoms with E-state index in [-0.39, 0.29) is 31.1 Å². The summed E-state index contributed by atoms with van der Waals surface area (Å²) >= 11 is 0. The van der Waals surface area contributed by atoms with E-state index in [4.69, 9.17) is 32.5 Å². The number of hydrogen-bond acceptors (Lipinski definition) is 9. The van der Waals surface area contributed by atoms with E-state index in [2.05, 4.69) is 10.1 Å². The highest BCUT2D eigenvalue weighted by Crippen LogP contribution is 2.10. The molecule has 1 amide bonds. The summed E-state index contributed by atoms with van der Waals surface area (Å²) in [6, 6.07) is 12.9. The molecule has 2 rings (SSSR count). The number of rotatable bonds is 9. The molecule has 0 bridgehead atoms. The Bertz CT molecular complexity index is 946. The van der Waals surface area contributed by atoms with Crippen LogP contribution in [0, 0.1) is 0 Å². The third kappa shape index (κ3) is 14.3. The molecule has 0 aliphatic rings. The van der Waals surface area contributed by atoms with Gasteiger partial charge >= 0.3 is 17.9 Å². The van der Waals surface area contributed by atoms with E-state index in [1.54, 1.807) is 12.1 Å². The average molecular weight is 507 g/mol. The highest BCUT2D eigenvalue weighted by molar-refractivity contribution is 5.86. The molecule has 0 saturated heterocycles. The molecule has 0 aliphatic carbocycles. The van der Waals surface area contributed by atoms with Crippen molar-refractivity contribution in [2.45, 2.75) is 37.9 Å². The zero-order valence-electron chi connectivity index (χ0n) is 20.2. The fourth-order valence-electron chi connectivity index (χ4n) is 2.41. The predicted octanol–water partition coefficient (Wildman–Crippen LogP) is -0.390. The van der Waals surface area contributed by atoms with E-state index < -0.39 is 36.0 Å². The summed E-state index contributed by atoms with van der Waals surface area (Å²) in [5.74, 6) is -2.77. The van der Waals surface area contributed by atoms with Crippen LogP contribution in [0.1, 0.15) is 18.1 Å². The molecule has 12 heteroatoms. The van der Waals surface area contributed by atoms with Gasteiger partial charge in [0.15, 0.2) is 0 Å². The molecule has 2 aromatic carbocycles. The van der Waals surface area contributed by atoms with Gasteiger partial charge in [0.25, 0.3) is 0 Å². The van der Waals surface area contributed by atoms with Crippen LogP contribution in [0.3, 0.4) is 0 Å². The van der Waals surface area contributed by atoms with Gasteiger partial charge in [0.1, 0.15) is 17.8 Å². The topological polar surface area (TPSA) is 228 Å². The third-order valence-corrected chi connectivity index (χ3v) is 4.41. The van der Waals surface area contributed by atoms with Gasteiger partial charge in [0.05, 0.1) is 19.7 Å². The Kier molecular flexibility index (Phi) is 15.5. The first-order valence-electron chi connectivity index (χ1n) is 10.8. The molecule has 0 radical (unpaired) electrons. The van der Waals surface area contributed by atoms with Gasteiger partial charge < -0.3 is 42.6 Å². The normalized spacial score (nSPS) is 12.2. The molecule has 36 heavy (non-hydrogen) atoms. The van der Waals surface area contributed by atoms with Gasteiger partial charge in [-0.2, -0.15) is 0 Å². The summed E-state index contributed by atoms with van der Waals surface area (Å²) in [6.07, 6.45) is 0.518. The lowest BCUT2D eigenvalue weighted by atomic mass is 10.1. The zero-order chi connectivity index (χ0) is 27.7. The minimum atomic E-state index is -1.07. The molecule has 0 aliphatic heterocycles. The molecule has 0 aromatic heterocycles. The van der Waals surface area contributed by atoms with Crippen molar-refractivity contribution in [1.82, 2.24) is 5.32 Å². The lowest BCUT2D eigenvalue weighted by Crippen LogP contribution is -2.48. The van der Waals surface area contributed by atoms with Gasteiger partial charge in [-0.3, -0.25) is 14.4 Å². The van der Waals surface area contributed by atoms with Crippen LogP contribution in [0.2, 0.25) is 0 Å². The van der Waals surface area contributed by atoms with Gasteiger partial charge in [-0.15, -0.1) is 0 Å². The second-order valence-corrected chi connectivity index (χ2v) is 7.47. The Morgan fingerprint density at radius 2 is 1.42 bits per heavy atom. The zero-order valence-corrected chi connectivity index (χ0v) is 20.2. The van der Waals surface area contributed by atoms with Crippen LogP contribution in [-0.2, 0) is 36.8 Å². The number of aliphatic carboxylic acids is 2. The fraction of sp³-hybridized carbons (Fsp3) is 0.333. The molecule has 3 atom stereocenters. The maximum atomic E-state index is 11.3. The second kappa shape index (κ2) is 17.4. The molecule has 198 valence electrons. The number of hydrogen-bond donors (Lipinski definition) is 7. The minimum absolute atomic E-state index is 0.0312. The Morgan fingerprint density at radius 3 is 1.81 bits per heavy atom. The molecule has 0 heterocycles. The van der Waals surface area contributed by atoms with E-state index >= 15 is 0 Å². The van der Waals surface area contributed by atoms with Gasteiger partial charge in [-0.1, -0.05) is 42.5 Å². The number of methoxy groups -OCH3 is 1. The van der Waals surface area contributed by atoms with Crippen molar-refractivity contribution in [3.63, 3.8) is 0 Å². The Balaban J connectivity index is 0.000000569. The van der Waals surface area contributed by atoms with E-state index in [1.807, 2.05) is 30.3 Å². The molecular weight excluding hydrogens is 472 g/mol. The minimum Gasteiger partial charge on any atom is -0.508 e. The first kappa shape index (κ1) is 32.0. The van der Waals surface area contributed by atoms with Crippen molar-refractivity contribution < 1.29 is 39.2 Å². The van der Waals surface area contributed by atoms with E-state index in [1.165, 1.54) is 26.2 Å². The SMILES string of the molecule is COC(=O)CN.C[C@H](N)C(=O)N[C@@H](Cc1ccccc1)C(=O)O.N[C@@H](Cc1ccc(O)cc1)C(=O)O. The van der Waals surface area contributed by atoms with Crippen LogP contribution in [0.25, 0.3) is 0 Å². The molecule has 2 aromatic rings. The van der Waals surface area contributed by atoms with Crippen LogP contribution in [0.4, 0.5) is 0 Å². The number of phenols is 1. The molecule has 10 N–H and O–H groups in total. The lowest BCUT2D eigenvalue weighted by Gasteiger charge is -2.16. The van der Waals surface area contributed by atoms with Crippen molar-refractivity contribution in [2.75, 3.05) is 13.7 Å². The first-order valence-corrected chi connectivity index (χ1v) is 10.8. The first-order chi connectivity index (χ1) is 16.9. The number of amides is 1.